The van der Waals surface area contributed by atoms with Crippen molar-refractivity contribution in [3.8, 4) is 11.1 Å². The molecule has 3 rings (SSSR count). The Kier molecular flexibility index (Phi) is 8.94. The molecule has 3 aromatic carbocycles. The Morgan fingerprint density at radius 3 is 1.94 bits per heavy atom. The van der Waals surface area contributed by atoms with E-state index < -0.39 is 15.9 Å². The highest BCUT2D eigenvalue weighted by molar-refractivity contribution is 7.97. The van der Waals surface area contributed by atoms with Crippen LogP contribution in [0.5, 0.6) is 0 Å². The van der Waals surface area contributed by atoms with E-state index in [0.29, 0.717) is 12.0 Å². The Hall–Kier alpha value is -2.57. The molecule has 1 N–H and O–H groups in total. The minimum atomic E-state index is -3.58. The molecule has 0 atom stereocenters. The van der Waals surface area contributed by atoms with Gasteiger partial charge in [0, 0.05) is 17.1 Å². The summed E-state index contributed by atoms with van der Waals surface area (Å²) in [5.41, 5.74) is 5.14. The average Bonchev–Trinajstić information content (AvgIpc) is 2.80. The molecular formula is C26H29NO3S2. The molecule has 0 saturated heterocycles. The summed E-state index contributed by atoms with van der Waals surface area (Å²) >= 11 is 1.80. The number of carbonyl (C=O) groups is 1. The SMILES string of the molecule is CCCCCS(=O)(=O)NC(=O)c1ccc(CSCc2ccc(-c3ccccc3)cc2)cc1. The number of benzene rings is 3. The second kappa shape index (κ2) is 11.9. The summed E-state index contributed by atoms with van der Waals surface area (Å²) in [5.74, 6) is 1.12. The Bertz CT molecular complexity index is 1090. The van der Waals surface area contributed by atoms with Gasteiger partial charge in [-0.3, -0.25) is 4.79 Å². The van der Waals surface area contributed by atoms with Gasteiger partial charge in [0.2, 0.25) is 10.0 Å². The number of amides is 1. The zero-order chi connectivity index (χ0) is 22.8. The summed E-state index contributed by atoms with van der Waals surface area (Å²) in [4.78, 5) is 12.2. The number of sulfonamides is 1. The van der Waals surface area contributed by atoms with Crippen LogP contribution in [0.4, 0.5) is 0 Å². The maximum Gasteiger partial charge on any atom is 0.264 e. The fourth-order valence-electron chi connectivity index (χ4n) is 3.26. The van der Waals surface area contributed by atoms with E-state index in [0.717, 1.165) is 29.9 Å². The number of thioether (sulfide) groups is 1. The Morgan fingerprint density at radius 2 is 1.34 bits per heavy atom. The van der Waals surface area contributed by atoms with Crippen LogP contribution >= 0.6 is 11.8 Å². The Labute approximate surface area is 195 Å². The van der Waals surface area contributed by atoms with E-state index in [4.69, 9.17) is 0 Å². The minimum Gasteiger partial charge on any atom is -0.268 e. The molecule has 0 aliphatic rings. The summed E-state index contributed by atoms with van der Waals surface area (Å²) in [6.07, 6.45) is 2.32. The predicted molar refractivity (Wildman–Crippen MR) is 134 cm³/mol. The van der Waals surface area contributed by atoms with Crippen molar-refractivity contribution in [2.45, 2.75) is 37.7 Å². The third kappa shape index (κ3) is 7.53. The zero-order valence-corrected chi connectivity index (χ0v) is 19.9. The van der Waals surface area contributed by atoms with Crippen LogP contribution in [0.3, 0.4) is 0 Å². The maximum atomic E-state index is 12.2. The van der Waals surface area contributed by atoms with Crippen molar-refractivity contribution in [2.75, 3.05) is 5.75 Å². The van der Waals surface area contributed by atoms with E-state index in [2.05, 4.69) is 41.1 Å². The van der Waals surface area contributed by atoms with Gasteiger partial charge in [0.1, 0.15) is 0 Å². The van der Waals surface area contributed by atoms with Gasteiger partial charge < -0.3 is 0 Å². The predicted octanol–water partition coefficient (Wildman–Crippen LogP) is 6.04. The first-order valence-electron chi connectivity index (χ1n) is 10.8. The van der Waals surface area contributed by atoms with Crippen LogP contribution in [0.15, 0.2) is 78.9 Å². The second-order valence-corrected chi connectivity index (χ2v) is 10.5. The monoisotopic (exact) mass is 467 g/mol. The fourth-order valence-corrected chi connectivity index (χ4v) is 5.30. The number of unbranched alkanes of at least 4 members (excludes halogenated alkanes) is 2. The fraction of sp³-hybridized carbons (Fsp3) is 0.269. The van der Waals surface area contributed by atoms with Crippen molar-refractivity contribution in [1.82, 2.24) is 4.72 Å². The van der Waals surface area contributed by atoms with Crippen LogP contribution < -0.4 is 4.72 Å². The Morgan fingerprint density at radius 1 is 0.781 bits per heavy atom. The lowest BCUT2D eigenvalue weighted by Gasteiger charge is -2.08. The van der Waals surface area contributed by atoms with Crippen LogP contribution in [0, 0.1) is 0 Å². The number of hydrogen-bond donors (Lipinski definition) is 1. The van der Waals surface area contributed by atoms with Gasteiger partial charge >= 0.3 is 0 Å². The Balaban J connectivity index is 1.47. The maximum absolute atomic E-state index is 12.2. The number of rotatable bonds is 11. The van der Waals surface area contributed by atoms with Crippen LogP contribution in [0.25, 0.3) is 11.1 Å². The summed E-state index contributed by atoms with van der Waals surface area (Å²) in [6, 6.07) is 26.0. The van der Waals surface area contributed by atoms with E-state index >= 15 is 0 Å². The zero-order valence-electron chi connectivity index (χ0n) is 18.3. The molecule has 0 saturated carbocycles. The summed E-state index contributed by atoms with van der Waals surface area (Å²) in [5, 5.41) is 0. The van der Waals surface area contributed by atoms with E-state index in [1.54, 1.807) is 23.9 Å². The topological polar surface area (TPSA) is 63.2 Å². The molecule has 0 radical (unpaired) electrons. The molecule has 0 aliphatic heterocycles. The first kappa shape index (κ1) is 24.1. The molecule has 3 aromatic rings. The van der Waals surface area contributed by atoms with Gasteiger partial charge in [-0.25, -0.2) is 13.1 Å². The molecular weight excluding hydrogens is 438 g/mol. The van der Waals surface area contributed by atoms with Gasteiger partial charge in [-0.05, 0) is 40.8 Å². The van der Waals surface area contributed by atoms with Gasteiger partial charge in [-0.2, -0.15) is 11.8 Å². The molecule has 0 heterocycles. The standard InChI is InChI=1S/C26H29NO3S2/c1-2-3-7-18-32(29,30)27-26(28)25-16-12-22(13-17-25)20-31-19-21-10-14-24(15-11-21)23-8-5-4-6-9-23/h4-6,8-17H,2-3,7,18-20H2,1H3,(H,27,28). The lowest BCUT2D eigenvalue weighted by atomic mass is 10.0. The third-order valence-corrected chi connectivity index (χ3v) is 7.48. The van der Waals surface area contributed by atoms with Gasteiger partial charge in [0.15, 0.2) is 0 Å². The van der Waals surface area contributed by atoms with Crippen LogP contribution in [0.2, 0.25) is 0 Å². The molecule has 168 valence electrons. The van der Waals surface area contributed by atoms with Crippen molar-refractivity contribution in [3.63, 3.8) is 0 Å². The minimum absolute atomic E-state index is 0.0202. The van der Waals surface area contributed by atoms with E-state index in [9.17, 15) is 13.2 Å². The molecule has 1 amide bonds. The van der Waals surface area contributed by atoms with Crippen LogP contribution in [0.1, 0.15) is 47.7 Å². The molecule has 0 unspecified atom stereocenters. The first-order valence-corrected chi connectivity index (χ1v) is 13.6. The molecule has 0 bridgehead atoms. The third-order valence-electron chi connectivity index (χ3n) is 5.08. The smallest absolute Gasteiger partial charge is 0.264 e. The lowest BCUT2D eigenvalue weighted by molar-refractivity contribution is 0.0981. The highest BCUT2D eigenvalue weighted by atomic mass is 32.2. The van der Waals surface area contributed by atoms with Crippen LogP contribution in [-0.2, 0) is 21.5 Å². The van der Waals surface area contributed by atoms with Gasteiger partial charge in [0.25, 0.3) is 5.91 Å². The number of nitrogens with one attached hydrogen (secondary N) is 1. The quantitative estimate of drug-likeness (QED) is 0.349. The average molecular weight is 468 g/mol. The van der Waals surface area contributed by atoms with Crippen molar-refractivity contribution >= 4 is 27.7 Å². The molecule has 0 spiro atoms. The molecule has 6 heteroatoms. The largest absolute Gasteiger partial charge is 0.268 e. The van der Waals surface area contributed by atoms with Gasteiger partial charge in [0.05, 0.1) is 5.75 Å². The van der Waals surface area contributed by atoms with E-state index in [-0.39, 0.29) is 5.75 Å². The molecule has 32 heavy (non-hydrogen) atoms. The number of carbonyl (C=O) groups excluding carboxylic acids is 1. The highest BCUT2D eigenvalue weighted by Crippen LogP contribution is 2.23. The van der Waals surface area contributed by atoms with Crippen molar-refractivity contribution in [2.24, 2.45) is 0 Å². The molecule has 0 fully saturated rings. The highest BCUT2D eigenvalue weighted by Gasteiger charge is 2.15. The van der Waals surface area contributed by atoms with E-state index in [1.807, 2.05) is 37.3 Å². The lowest BCUT2D eigenvalue weighted by Crippen LogP contribution is -2.32. The molecule has 0 aliphatic carbocycles. The normalized spacial score (nSPS) is 11.3. The van der Waals surface area contributed by atoms with E-state index in [1.165, 1.54) is 16.7 Å². The van der Waals surface area contributed by atoms with Crippen molar-refractivity contribution in [3.05, 3.63) is 95.6 Å². The first-order chi connectivity index (χ1) is 15.5. The summed E-state index contributed by atoms with van der Waals surface area (Å²) < 4.78 is 26.2. The molecule has 4 nitrogen and oxygen atoms in total. The van der Waals surface area contributed by atoms with Gasteiger partial charge in [-0.15, -0.1) is 0 Å². The van der Waals surface area contributed by atoms with Gasteiger partial charge in [-0.1, -0.05) is 86.5 Å². The second-order valence-electron chi connectivity index (χ2n) is 7.71. The number of hydrogen-bond acceptors (Lipinski definition) is 4. The van der Waals surface area contributed by atoms with Crippen molar-refractivity contribution in [1.29, 1.82) is 0 Å². The summed E-state index contributed by atoms with van der Waals surface area (Å²) in [6.45, 7) is 2.01. The summed E-state index contributed by atoms with van der Waals surface area (Å²) in [7, 11) is -3.58. The molecule has 0 aromatic heterocycles. The van der Waals surface area contributed by atoms with Crippen LogP contribution in [-0.4, -0.2) is 20.1 Å². The van der Waals surface area contributed by atoms with Crippen molar-refractivity contribution < 1.29 is 13.2 Å².